The first kappa shape index (κ1) is 14.6. The maximum atomic E-state index is 10.7. The quantitative estimate of drug-likeness (QED) is 0.839. The van der Waals surface area contributed by atoms with E-state index < -0.39 is 5.97 Å². The zero-order valence-corrected chi connectivity index (χ0v) is 11.8. The van der Waals surface area contributed by atoms with E-state index in [1.165, 1.54) is 12.5 Å². The van der Waals surface area contributed by atoms with E-state index in [0.717, 1.165) is 37.4 Å². The minimum Gasteiger partial charge on any atom is -0.478 e. The van der Waals surface area contributed by atoms with Gasteiger partial charge in [-0.2, -0.15) is 0 Å². The average molecular weight is 275 g/mol. The number of hydrogen-bond donors (Lipinski definition) is 1. The normalized spacial score (nSPS) is 19.4. The molecule has 4 heteroatoms. The Hall–Kier alpha value is -1.81. The Labute approximate surface area is 119 Å². The first-order valence-corrected chi connectivity index (χ1v) is 6.94. The molecule has 1 unspecified atom stereocenters. The standard InChI is InChI=1S/C16H21NO3/c1-20-12-13-5-4-10-17(11-13)15-7-3-2-6-14(15)8-9-16(18)19/h2-3,6-9,13H,4-5,10-12H2,1H3,(H,18,19)/b9-8+. The molecule has 0 bridgehead atoms. The summed E-state index contributed by atoms with van der Waals surface area (Å²) >= 11 is 0. The maximum Gasteiger partial charge on any atom is 0.328 e. The van der Waals surface area contributed by atoms with Crippen molar-refractivity contribution < 1.29 is 14.6 Å². The number of carboxylic acid groups (broad SMARTS) is 1. The fraction of sp³-hybridized carbons (Fsp3) is 0.438. The highest BCUT2D eigenvalue weighted by Crippen LogP contribution is 2.27. The molecule has 20 heavy (non-hydrogen) atoms. The van der Waals surface area contributed by atoms with E-state index in [9.17, 15) is 4.79 Å². The van der Waals surface area contributed by atoms with Crippen LogP contribution >= 0.6 is 0 Å². The van der Waals surface area contributed by atoms with Gasteiger partial charge in [0.2, 0.25) is 0 Å². The summed E-state index contributed by atoms with van der Waals surface area (Å²) in [6.45, 7) is 2.76. The van der Waals surface area contributed by atoms with Crippen LogP contribution in [0.25, 0.3) is 6.08 Å². The van der Waals surface area contributed by atoms with Gasteiger partial charge in [0.05, 0.1) is 6.61 Å². The molecule has 0 saturated carbocycles. The molecule has 1 aromatic rings. The lowest BCUT2D eigenvalue weighted by atomic mass is 9.97. The van der Waals surface area contributed by atoms with Gasteiger partial charge in [0.1, 0.15) is 0 Å². The van der Waals surface area contributed by atoms with E-state index in [2.05, 4.69) is 11.0 Å². The number of carboxylic acids is 1. The van der Waals surface area contributed by atoms with Crippen molar-refractivity contribution in [2.24, 2.45) is 5.92 Å². The Morgan fingerprint density at radius 3 is 3.05 bits per heavy atom. The monoisotopic (exact) mass is 275 g/mol. The third-order valence-corrected chi connectivity index (χ3v) is 3.60. The van der Waals surface area contributed by atoms with Crippen molar-refractivity contribution in [3.8, 4) is 0 Å². The third-order valence-electron chi connectivity index (χ3n) is 3.60. The van der Waals surface area contributed by atoms with E-state index in [0.29, 0.717) is 5.92 Å². The fourth-order valence-electron chi connectivity index (χ4n) is 2.73. The van der Waals surface area contributed by atoms with Crippen LogP contribution in [0.2, 0.25) is 0 Å². The number of aliphatic carboxylic acids is 1. The minimum atomic E-state index is -0.921. The molecular formula is C16H21NO3. The molecule has 4 nitrogen and oxygen atoms in total. The van der Waals surface area contributed by atoms with Gasteiger partial charge >= 0.3 is 5.97 Å². The number of piperidine rings is 1. The number of ether oxygens (including phenoxy) is 1. The zero-order valence-electron chi connectivity index (χ0n) is 11.8. The molecule has 0 aliphatic carbocycles. The number of rotatable bonds is 5. The summed E-state index contributed by atoms with van der Waals surface area (Å²) < 4.78 is 5.26. The highest BCUT2D eigenvalue weighted by atomic mass is 16.5. The van der Waals surface area contributed by atoms with Gasteiger partial charge in [-0.05, 0) is 36.5 Å². The molecule has 1 atom stereocenters. The van der Waals surface area contributed by atoms with Crippen LogP contribution in [-0.4, -0.2) is 37.9 Å². The van der Waals surface area contributed by atoms with Gasteiger partial charge in [-0.25, -0.2) is 4.79 Å². The van der Waals surface area contributed by atoms with Gasteiger partial charge in [-0.1, -0.05) is 18.2 Å². The first-order chi connectivity index (χ1) is 9.70. The summed E-state index contributed by atoms with van der Waals surface area (Å²) in [6.07, 6.45) is 5.19. The molecule has 2 rings (SSSR count). The van der Waals surface area contributed by atoms with Crippen LogP contribution in [0.3, 0.4) is 0 Å². The topological polar surface area (TPSA) is 49.8 Å². The summed E-state index contributed by atoms with van der Waals surface area (Å²) in [4.78, 5) is 13.0. The predicted molar refractivity (Wildman–Crippen MR) is 79.9 cm³/mol. The van der Waals surface area contributed by atoms with Crippen LogP contribution in [0.15, 0.2) is 30.3 Å². The highest BCUT2D eigenvalue weighted by Gasteiger charge is 2.21. The summed E-state index contributed by atoms with van der Waals surface area (Å²) in [7, 11) is 1.74. The van der Waals surface area contributed by atoms with Crippen LogP contribution in [-0.2, 0) is 9.53 Å². The molecule has 1 fully saturated rings. The second-order valence-corrected chi connectivity index (χ2v) is 5.14. The third kappa shape index (κ3) is 3.84. The van der Waals surface area contributed by atoms with E-state index in [1.54, 1.807) is 13.2 Å². The van der Waals surface area contributed by atoms with Crippen molar-refractivity contribution in [3.63, 3.8) is 0 Å². The number of para-hydroxylation sites is 1. The zero-order chi connectivity index (χ0) is 14.4. The Balaban J connectivity index is 2.17. The maximum absolute atomic E-state index is 10.7. The average Bonchev–Trinajstić information content (AvgIpc) is 2.46. The van der Waals surface area contributed by atoms with Gasteiger partial charge in [-0.3, -0.25) is 0 Å². The molecule has 1 N–H and O–H groups in total. The SMILES string of the molecule is COCC1CCCN(c2ccccc2/C=C/C(=O)O)C1. The largest absolute Gasteiger partial charge is 0.478 e. The molecule has 0 spiro atoms. The Morgan fingerprint density at radius 2 is 2.30 bits per heavy atom. The predicted octanol–water partition coefficient (Wildman–Crippen LogP) is 2.65. The molecule has 1 aliphatic heterocycles. The lowest BCUT2D eigenvalue weighted by molar-refractivity contribution is -0.131. The molecule has 1 aromatic carbocycles. The van der Waals surface area contributed by atoms with Crippen LogP contribution < -0.4 is 4.90 Å². The minimum absolute atomic E-state index is 0.547. The second kappa shape index (κ2) is 7.10. The second-order valence-electron chi connectivity index (χ2n) is 5.14. The highest BCUT2D eigenvalue weighted by molar-refractivity contribution is 5.87. The van der Waals surface area contributed by atoms with Crippen LogP contribution in [0.1, 0.15) is 18.4 Å². The van der Waals surface area contributed by atoms with Gasteiger partial charge in [0, 0.05) is 32.0 Å². The number of methoxy groups -OCH3 is 1. The molecule has 1 saturated heterocycles. The lowest BCUT2D eigenvalue weighted by Crippen LogP contribution is -2.37. The molecule has 108 valence electrons. The number of carbonyl (C=O) groups is 1. The number of nitrogens with zero attached hydrogens (tertiary/aromatic N) is 1. The van der Waals surface area contributed by atoms with Crippen LogP contribution in [0.5, 0.6) is 0 Å². The van der Waals surface area contributed by atoms with Gasteiger partial charge < -0.3 is 14.7 Å². The molecule has 1 heterocycles. The first-order valence-electron chi connectivity index (χ1n) is 6.94. The summed E-state index contributed by atoms with van der Waals surface area (Å²) in [6, 6.07) is 7.93. The van der Waals surface area contributed by atoms with E-state index in [1.807, 2.05) is 18.2 Å². The van der Waals surface area contributed by atoms with E-state index in [4.69, 9.17) is 9.84 Å². The lowest BCUT2D eigenvalue weighted by Gasteiger charge is -2.35. The van der Waals surface area contributed by atoms with Crippen molar-refractivity contribution >= 4 is 17.7 Å². The molecular weight excluding hydrogens is 254 g/mol. The van der Waals surface area contributed by atoms with Gasteiger partial charge in [-0.15, -0.1) is 0 Å². The molecule has 1 aliphatic rings. The van der Waals surface area contributed by atoms with Crippen molar-refractivity contribution in [1.29, 1.82) is 0 Å². The fourth-order valence-corrected chi connectivity index (χ4v) is 2.73. The summed E-state index contributed by atoms with van der Waals surface area (Å²) in [5, 5.41) is 8.77. The number of hydrogen-bond acceptors (Lipinski definition) is 3. The van der Waals surface area contributed by atoms with Crippen molar-refractivity contribution in [3.05, 3.63) is 35.9 Å². The van der Waals surface area contributed by atoms with Crippen molar-refractivity contribution in [2.75, 3.05) is 31.7 Å². The Bertz CT molecular complexity index is 482. The number of benzene rings is 1. The van der Waals surface area contributed by atoms with Crippen LogP contribution in [0.4, 0.5) is 5.69 Å². The van der Waals surface area contributed by atoms with Gasteiger partial charge in [0.25, 0.3) is 0 Å². The summed E-state index contributed by atoms with van der Waals surface area (Å²) in [5.41, 5.74) is 2.05. The molecule has 0 radical (unpaired) electrons. The Morgan fingerprint density at radius 1 is 1.50 bits per heavy atom. The van der Waals surface area contributed by atoms with Gasteiger partial charge in [0.15, 0.2) is 0 Å². The summed E-state index contributed by atoms with van der Waals surface area (Å²) in [5.74, 6) is -0.374. The van der Waals surface area contributed by atoms with Crippen LogP contribution in [0, 0.1) is 5.92 Å². The van der Waals surface area contributed by atoms with Crippen molar-refractivity contribution in [2.45, 2.75) is 12.8 Å². The van der Waals surface area contributed by atoms with Crippen molar-refractivity contribution in [1.82, 2.24) is 0 Å². The van der Waals surface area contributed by atoms with E-state index in [-0.39, 0.29) is 0 Å². The molecule has 0 aromatic heterocycles. The Kier molecular flexibility index (Phi) is 5.18. The smallest absolute Gasteiger partial charge is 0.328 e. The van der Waals surface area contributed by atoms with E-state index >= 15 is 0 Å². The molecule has 0 amide bonds. The number of anilines is 1.